The molecule has 0 saturated heterocycles. The van der Waals surface area contributed by atoms with E-state index in [2.05, 4.69) is 0 Å². The summed E-state index contributed by atoms with van der Waals surface area (Å²) in [6.07, 6.45) is 2.35. The first-order valence-corrected chi connectivity index (χ1v) is 6.01. The minimum atomic E-state index is -1.03. The molecular weight excluding hydrogens is 204 g/mol. The lowest BCUT2D eigenvalue weighted by atomic mass is 9.72. The van der Waals surface area contributed by atoms with Gasteiger partial charge in [0.2, 0.25) is 0 Å². The Morgan fingerprint density at radius 2 is 1.94 bits per heavy atom. The van der Waals surface area contributed by atoms with E-state index in [0.717, 1.165) is 18.4 Å². The largest absolute Gasteiger partial charge is 0.385 e. The Bertz CT molecular complexity index is 365. The summed E-state index contributed by atoms with van der Waals surface area (Å²) in [4.78, 5) is 12.0. The van der Waals surface area contributed by atoms with E-state index < -0.39 is 11.2 Å². The first kappa shape index (κ1) is 11.8. The van der Waals surface area contributed by atoms with E-state index in [1.807, 2.05) is 13.8 Å². The monoisotopic (exact) mass is 224 g/mol. The molecule has 0 heterocycles. The summed E-state index contributed by atoms with van der Waals surface area (Å²) in [7, 11) is 0. The van der Waals surface area contributed by atoms with Crippen LogP contribution in [0.2, 0.25) is 0 Å². The lowest BCUT2D eigenvalue weighted by molar-refractivity contribution is -0.119. The highest BCUT2D eigenvalue weighted by Crippen LogP contribution is 2.48. The molecule has 0 bridgehead atoms. The minimum Gasteiger partial charge on any atom is -0.385 e. The average molecular weight is 224 g/mol. The third-order valence-corrected chi connectivity index (χ3v) is 4.11. The number of carbonyl (C=O) groups is 1. The summed E-state index contributed by atoms with van der Waals surface area (Å²) < 4.78 is 0. The Labute approximate surface area is 96.2 Å². The van der Waals surface area contributed by atoms with Gasteiger partial charge in [-0.25, -0.2) is 0 Å². The Morgan fingerprint density at radius 3 is 2.50 bits per heavy atom. The van der Waals surface area contributed by atoms with Gasteiger partial charge in [-0.1, -0.05) is 13.8 Å². The van der Waals surface area contributed by atoms with E-state index in [9.17, 15) is 15.0 Å². The molecule has 0 amide bonds. The maximum absolute atomic E-state index is 12.0. The van der Waals surface area contributed by atoms with Crippen molar-refractivity contribution in [2.75, 3.05) is 0 Å². The fourth-order valence-electron chi connectivity index (χ4n) is 3.08. The second kappa shape index (κ2) is 3.41. The molecule has 0 aromatic carbocycles. The molecule has 0 aromatic heterocycles. The molecule has 2 aliphatic carbocycles. The Hall–Kier alpha value is -0.670. The summed E-state index contributed by atoms with van der Waals surface area (Å²) >= 11 is 0. The molecule has 0 radical (unpaired) electrons. The van der Waals surface area contributed by atoms with Crippen molar-refractivity contribution < 1.29 is 15.0 Å². The van der Waals surface area contributed by atoms with Crippen LogP contribution in [0.3, 0.4) is 0 Å². The van der Waals surface area contributed by atoms with Gasteiger partial charge in [0.25, 0.3) is 0 Å². The van der Waals surface area contributed by atoms with Crippen LogP contribution in [0.5, 0.6) is 0 Å². The molecule has 90 valence electrons. The SMILES string of the molecule is CC(C)[C@@]1(O)CCCC2=C1C(=O)C[C@]2(C)O. The first-order chi connectivity index (χ1) is 7.29. The minimum absolute atomic E-state index is 0.00986. The number of carbonyl (C=O) groups excluding carboxylic acids is 1. The summed E-state index contributed by atoms with van der Waals surface area (Å²) in [6, 6.07) is 0. The van der Waals surface area contributed by atoms with Crippen LogP contribution in [-0.4, -0.2) is 27.2 Å². The van der Waals surface area contributed by atoms with Crippen molar-refractivity contribution in [1.29, 1.82) is 0 Å². The van der Waals surface area contributed by atoms with E-state index in [4.69, 9.17) is 0 Å². The van der Waals surface area contributed by atoms with Gasteiger partial charge >= 0.3 is 0 Å². The van der Waals surface area contributed by atoms with Crippen LogP contribution < -0.4 is 0 Å². The summed E-state index contributed by atoms with van der Waals surface area (Å²) in [6.45, 7) is 5.53. The van der Waals surface area contributed by atoms with Crippen LogP contribution in [0.1, 0.15) is 46.5 Å². The van der Waals surface area contributed by atoms with Gasteiger partial charge in [0.05, 0.1) is 11.2 Å². The van der Waals surface area contributed by atoms with Crippen molar-refractivity contribution >= 4 is 5.78 Å². The lowest BCUT2D eigenvalue weighted by Crippen LogP contribution is -2.42. The standard InChI is InChI=1S/C13H20O3/c1-8(2)13(16)6-4-5-9-11(13)10(14)7-12(9,3)15/h8,15-16H,4-7H2,1-3H3/t12-,13-/m0/s1. The van der Waals surface area contributed by atoms with Crippen LogP contribution >= 0.6 is 0 Å². The number of rotatable bonds is 1. The molecule has 3 nitrogen and oxygen atoms in total. The van der Waals surface area contributed by atoms with Gasteiger partial charge in [0.1, 0.15) is 0 Å². The normalized spacial score (nSPS) is 39.5. The average Bonchev–Trinajstić information content (AvgIpc) is 2.38. The van der Waals surface area contributed by atoms with Gasteiger partial charge in [-0.05, 0) is 37.7 Å². The predicted octanol–water partition coefficient (Wildman–Crippen LogP) is 1.58. The fraction of sp³-hybridized carbons (Fsp3) is 0.769. The molecule has 0 aromatic rings. The van der Waals surface area contributed by atoms with Gasteiger partial charge in [-0.15, -0.1) is 0 Å². The van der Waals surface area contributed by atoms with Crippen LogP contribution in [-0.2, 0) is 4.79 Å². The molecule has 2 atom stereocenters. The van der Waals surface area contributed by atoms with Crippen LogP contribution in [0.15, 0.2) is 11.1 Å². The van der Waals surface area contributed by atoms with Crippen LogP contribution in [0, 0.1) is 5.92 Å². The van der Waals surface area contributed by atoms with Crippen LogP contribution in [0.25, 0.3) is 0 Å². The van der Waals surface area contributed by atoms with E-state index in [1.165, 1.54) is 0 Å². The van der Waals surface area contributed by atoms with Gasteiger partial charge in [0.15, 0.2) is 5.78 Å². The predicted molar refractivity (Wildman–Crippen MR) is 60.9 cm³/mol. The lowest BCUT2D eigenvalue weighted by Gasteiger charge is -2.38. The molecule has 3 heteroatoms. The molecule has 0 unspecified atom stereocenters. The zero-order valence-corrected chi connectivity index (χ0v) is 10.2. The Balaban J connectivity index is 2.55. The number of aliphatic hydroxyl groups is 2. The fourth-order valence-corrected chi connectivity index (χ4v) is 3.08. The van der Waals surface area contributed by atoms with E-state index in [1.54, 1.807) is 6.92 Å². The number of Topliss-reactive ketones (excluding diaryl/α,β-unsaturated/α-hetero) is 1. The third-order valence-electron chi connectivity index (χ3n) is 4.11. The van der Waals surface area contributed by atoms with E-state index in [-0.39, 0.29) is 18.1 Å². The summed E-state index contributed by atoms with van der Waals surface area (Å²) in [5, 5.41) is 20.8. The Morgan fingerprint density at radius 1 is 1.31 bits per heavy atom. The first-order valence-electron chi connectivity index (χ1n) is 6.01. The van der Waals surface area contributed by atoms with E-state index >= 15 is 0 Å². The molecule has 2 aliphatic rings. The van der Waals surface area contributed by atoms with Crippen molar-refractivity contribution in [3.63, 3.8) is 0 Å². The van der Waals surface area contributed by atoms with Crippen molar-refractivity contribution in [3.05, 3.63) is 11.1 Å². The van der Waals surface area contributed by atoms with Crippen molar-refractivity contribution in [2.45, 2.75) is 57.7 Å². The number of hydrogen-bond donors (Lipinski definition) is 2. The smallest absolute Gasteiger partial charge is 0.165 e. The Kier molecular flexibility index (Phi) is 2.52. The van der Waals surface area contributed by atoms with Crippen molar-refractivity contribution in [1.82, 2.24) is 0 Å². The molecule has 0 aliphatic heterocycles. The van der Waals surface area contributed by atoms with Gasteiger partial charge in [0, 0.05) is 12.0 Å². The molecule has 0 spiro atoms. The van der Waals surface area contributed by atoms with E-state index in [0.29, 0.717) is 12.0 Å². The zero-order valence-electron chi connectivity index (χ0n) is 10.2. The highest BCUT2D eigenvalue weighted by atomic mass is 16.3. The summed E-state index contributed by atoms with van der Waals surface area (Å²) in [5.41, 5.74) is -0.764. The van der Waals surface area contributed by atoms with Crippen molar-refractivity contribution in [2.24, 2.45) is 5.92 Å². The van der Waals surface area contributed by atoms with Gasteiger partial charge < -0.3 is 10.2 Å². The molecule has 2 rings (SSSR count). The number of ketones is 1. The topological polar surface area (TPSA) is 57.5 Å². The molecular formula is C13H20O3. The zero-order chi connectivity index (χ0) is 12.1. The maximum atomic E-state index is 12.0. The molecule has 16 heavy (non-hydrogen) atoms. The second-order valence-electron chi connectivity index (χ2n) is 5.66. The molecule has 2 N–H and O–H groups in total. The quantitative estimate of drug-likeness (QED) is 0.711. The second-order valence-corrected chi connectivity index (χ2v) is 5.66. The highest BCUT2D eigenvalue weighted by Gasteiger charge is 2.51. The molecule has 0 saturated carbocycles. The highest BCUT2D eigenvalue weighted by molar-refractivity contribution is 6.02. The van der Waals surface area contributed by atoms with Crippen LogP contribution in [0.4, 0.5) is 0 Å². The maximum Gasteiger partial charge on any atom is 0.165 e. The van der Waals surface area contributed by atoms with Gasteiger partial charge in [-0.2, -0.15) is 0 Å². The third kappa shape index (κ3) is 1.45. The molecule has 0 fully saturated rings. The van der Waals surface area contributed by atoms with Crippen molar-refractivity contribution in [3.8, 4) is 0 Å². The number of hydrogen-bond acceptors (Lipinski definition) is 3. The van der Waals surface area contributed by atoms with Gasteiger partial charge in [-0.3, -0.25) is 4.79 Å². The summed E-state index contributed by atoms with van der Waals surface area (Å²) in [5.74, 6) is -0.0634.